The Hall–Kier alpha value is -8.20. The summed E-state index contributed by atoms with van der Waals surface area (Å²) in [5.74, 6) is 0. The number of rotatable bonds is 7. The fourth-order valence-corrected chi connectivity index (χ4v) is 9.37. The molecule has 12 rings (SSSR count). The van der Waals surface area contributed by atoms with E-state index in [-0.39, 0.29) is 0 Å². The van der Waals surface area contributed by atoms with E-state index >= 15 is 0 Å². The second kappa shape index (κ2) is 14.8. The molecule has 1 aromatic heterocycles. The van der Waals surface area contributed by atoms with Crippen LogP contribution in [0.15, 0.2) is 241 Å². The van der Waals surface area contributed by atoms with E-state index in [9.17, 15) is 0 Å². The number of anilines is 3. The number of furan rings is 1. The molecule has 0 N–H and O–H groups in total. The zero-order chi connectivity index (χ0) is 41.0. The maximum absolute atomic E-state index is 6.27. The van der Waals surface area contributed by atoms with Crippen LogP contribution in [0.3, 0.4) is 0 Å². The molecule has 12 aromatic rings. The quantitative estimate of drug-likeness (QED) is 0.150. The van der Waals surface area contributed by atoms with Crippen LogP contribution in [0.2, 0.25) is 0 Å². The summed E-state index contributed by atoms with van der Waals surface area (Å²) in [5.41, 5.74) is 14.4. The van der Waals surface area contributed by atoms with Gasteiger partial charge in [-0.15, -0.1) is 0 Å². The first-order valence-corrected chi connectivity index (χ1v) is 21.2. The lowest BCUT2D eigenvalue weighted by Crippen LogP contribution is -2.11. The van der Waals surface area contributed by atoms with Crippen LogP contribution >= 0.6 is 0 Å². The fourth-order valence-electron chi connectivity index (χ4n) is 9.37. The number of hydrogen-bond donors (Lipinski definition) is 0. The van der Waals surface area contributed by atoms with Gasteiger partial charge in [-0.3, -0.25) is 0 Å². The molecule has 62 heavy (non-hydrogen) atoms. The monoisotopic (exact) mass is 789 g/mol. The fraction of sp³-hybridized carbons (Fsp3) is 0. The maximum Gasteiger partial charge on any atom is 0.136 e. The summed E-state index contributed by atoms with van der Waals surface area (Å²) in [4.78, 5) is 2.40. The third kappa shape index (κ3) is 6.20. The first-order chi connectivity index (χ1) is 30.7. The van der Waals surface area contributed by atoms with Crippen molar-refractivity contribution < 1.29 is 4.42 Å². The first kappa shape index (κ1) is 35.7. The van der Waals surface area contributed by atoms with Crippen molar-refractivity contribution >= 4 is 71.3 Å². The van der Waals surface area contributed by atoms with E-state index in [1.54, 1.807) is 0 Å². The van der Waals surface area contributed by atoms with Crippen LogP contribution in [0.5, 0.6) is 0 Å². The molecule has 290 valence electrons. The third-order valence-corrected chi connectivity index (χ3v) is 12.4. The standard InChI is InChI=1S/C60H39NO/c1-2-13-45-37-48(29-25-40(45)11-1)46-14-9-15-51(39-46)61(50-34-31-44(32-35-50)55-19-10-22-59-60(55)56-18-6-8-21-58(56)62-59)57-20-7-5-17-54(57)43-26-23-41(24-27-43)47-33-36-53-49(38-47)30-28-42-12-3-4-16-52(42)53/h1-39H. The van der Waals surface area contributed by atoms with Gasteiger partial charge in [-0.1, -0.05) is 182 Å². The molecular weight excluding hydrogens is 751 g/mol. The van der Waals surface area contributed by atoms with Crippen LogP contribution in [-0.4, -0.2) is 0 Å². The number of hydrogen-bond acceptors (Lipinski definition) is 2. The minimum Gasteiger partial charge on any atom is -0.456 e. The largest absolute Gasteiger partial charge is 0.456 e. The van der Waals surface area contributed by atoms with Crippen LogP contribution in [-0.2, 0) is 0 Å². The van der Waals surface area contributed by atoms with Gasteiger partial charge < -0.3 is 9.32 Å². The molecule has 0 aliphatic rings. The molecule has 0 saturated heterocycles. The van der Waals surface area contributed by atoms with Crippen molar-refractivity contribution in [1.82, 2.24) is 0 Å². The summed E-state index contributed by atoms with van der Waals surface area (Å²) < 4.78 is 6.27. The number of benzene rings is 11. The van der Waals surface area contributed by atoms with E-state index in [1.165, 1.54) is 54.6 Å². The highest BCUT2D eigenvalue weighted by molar-refractivity contribution is 6.12. The second-order valence-electron chi connectivity index (χ2n) is 16.1. The van der Waals surface area contributed by atoms with Crippen molar-refractivity contribution in [2.45, 2.75) is 0 Å². The Bertz CT molecular complexity index is 3630. The summed E-state index contributed by atoms with van der Waals surface area (Å²) >= 11 is 0. The number of fused-ring (bicyclic) bond motifs is 7. The van der Waals surface area contributed by atoms with Gasteiger partial charge in [0.05, 0.1) is 5.69 Å². The van der Waals surface area contributed by atoms with Crippen LogP contribution in [0.4, 0.5) is 17.1 Å². The summed E-state index contributed by atoms with van der Waals surface area (Å²) in [6, 6.07) is 85.6. The molecule has 0 unspecified atom stereocenters. The van der Waals surface area contributed by atoms with E-state index in [0.717, 1.165) is 61.3 Å². The predicted octanol–water partition coefficient (Wildman–Crippen LogP) is 17.2. The predicted molar refractivity (Wildman–Crippen MR) is 263 cm³/mol. The highest BCUT2D eigenvalue weighted by Gasteiger charge is 2.19. The van der Waals surface area contributed by atoms with Crippen molar-refractivity contribution in [2.75, 3.05) is 4.90 Å². The topological polar surface area (TPSA) is 16.4 Å². The lowest BCUT2D eigenvalue weighted by molar-refractivity contribution is 0.669. The Labute approximate surface area is 360 Å². The van der Waals surface area contributed by atoms with Crippen molar-refractivity contribution in [2.24, 2.45) is 0 Å². The molecule has 0 fully saturated rings. The van der Waals surface area contributed by atoms with Gasteiger partial charge in [0, 0.05) is 27.7 Å². The molecule has 11 aromatic carbocycles. The summed E-state index contributed by atoms with van der Waals surface area (Å²) in [7, 11) is 0. The van der Waals surface area contributed by atoms with Gasteiger partial charge in [-0.05, 0) is 126 Å². The highest BCUT2D eigenvalue weighted by Crippen LogP contribution is 2.44. The van der Waals surface area contributed by atoms with Crippen LogP contribution in [0.1, 0.15) is 0 Å². The molecule has 0 aliphatic carbocycles. The summed E-state index contributed by atoms with van der Waals surface area (Å²) in [6.07, 6.45) is 0. The molecule has 0 saturated carbocycles. The summed E-state index contributed by atoms with van der Waals surface area (Å²) in [6.45, 7) is 0. The Morgan fingerprint density at radius 3 is 1.71 bits per heavy atom. The third-order valence-electron chi connectivity index (χ3n) is 12.4. The number of nitrogens with zero attached hydrogens (tertiary/aromatic N) is 1. The lowest BCUT2D eigenvalue weighted by Gasteiger charge is -2.28. The normalized spacial score (nSPS) is 11.5. The number of para-hydroxylation sites is 2. The van der Waals surface area contributed by atoms with Crippen LogP contribution in [0.25, 0.3) is 98.8 Å². The molecular formula is C60H39NO. The molecule has 2 nitrogen and oxygen atoms in total. The Kier molecular flexibility index (Phi) is 8.53. The van der Waals surface area contributed by atoms with Crippen molar-refractivity contribution in [3.8, 4) is 44.5 Å². The Morgan fingerprint density at radius 2 is 0.823 bits per heavy atom. The van der Waals surface area contributed by atoms with Gasteiger partial charge in [-0.2, -0.15) is 0 Å². The Morgan fingerprint density at radius 1 is 0.274 bits per heavy atom. The van der Waals surface area contributed by atoms with Crippen LogP contribution < -0.4 is 4.90 Å². The molecule has 0 amide bonds. The van der Waals surface area contributed by atoms with Gasteiger partial charge in [0.2, 0.25) is 0 Å². The van der Waals surface area contributed by atoms with Gasteiger partial charge in [0.15, 0.2) is 0 Å². The minimum atomic E-state index is 0.897. The molecule has 0 radical (unpaired) electrons. The zero-order valence-electron chi connectivity index (χ0n) is 33.9. The van der Waals surface area contributed by atoms with E-state index in [1.807, 2.05) is 12.1 Å². The molecule has 0 aliphatic heterocycles. The van der Waals surface area contributed by atoms with Gasteiger partial charge in [0.25, 0.3) is 0 Å². The minimum absolute atomic E-state index is 0.897. The highest BCUT2D eigenvalue weighted by atomic mass is 16.3. The average molecular weight is 790 g/mol. The average Bonchev–Trinajstić information content (AvgIpc) is 3.73. The van der Waals surface area contributed by atoms with E-state index in [4.69, 9.17) is 4.42 Å². The van der Waals surface area contributed by atoms with Crippen LogP contribution in [0, 0.1) is 0 Å². The molecule has 0 spiro atoms. The molecule has 1 heterocycles. The van der Waals surface area contributed by atoms with E-state index in [2.05, 4.69) is 229 Å². The van der Waals surface area contributed by atoms with Crippen molar-refractivity contribution in [1.29, 1.82) is 0 Å². The summed E-state index contributed by atoms with van der Waals surface area (Å²) in [5, 5.41) is 9.82. The molecule has 0 atom stereocenters. The van der Waals surface area contributed by atoms with Crippen molar-refractivity contribution in [3.63, 3.8) is 0 Å². The zero-order valence-corrected chi connectivity index (χ0v) is 33.9. The van der Waals surface area contributed by atoms with E-state index < -0.39 is 0 Å². The lowest BCUT2D eigenvalue weighted by atomic mass is 9.95. The van der Waals surface area contributed by atoms with E-state index in [0.29, 0.717) is 0 Å². The maximum atomic E-state index is 6.27. The van der Waals surface area contributed by atoms with Gasteiger partial charge >= 0.3 is 0 Å². The SMILES string of the molecule is c1cc(-c2ccc3ccccc3c2)cc(N(c2ccc(-c3cccc4oc5ccccc5c34)cc2)c2ccccc2-c2ccc(-c3ccc4c(ccc5ccccc54)c3)cc2)c1. The van der Waals surface area contributed by atoms with Gasteiger partial charge in [-0.25, -0.2) is 0 Å². The smallest absolute Gasteiger partial charge is 0.136 e. The van der Waals surface area contributed by atoms with Gasteiger partial charge in [0.1, 0.15) is 11.2 Å². The Balaban J connectivity index is 0.963. The first-order valence-electron chi connectivity index (χ1n) is 21.2. The molecule has 2 heteroatoms. The second-order valence-corrected chi connectivity index (χ2v) is 16.1. The molecule has 0 bridgehead atoms. The van der Waals surface area contributed by atoms with Crippen molar-refractivity contribution in [3.05, 3.63) is 237 Å².